The topological polar surface area (TPSA) is 79.2 Å². The summed E-state index contributed by atoms with van der Waals surface area (Å²) in [5.41, 5.74) is 0. The Morgan fingerprint density at radius 1 is 0.810 bits per heavy atom. The van der Waals surface area contributed by atoms with Crippen molar-refractivity contribution >= 4 is 0 Å². The van der Waals surface area contributed by atoms with Crippen LogP contribution in [0.3, 0.4) is 0 Å². The van der Waals surface area contributed by atoms with E-state index in [-0.39, 0.29) is 42.2 Å². The summed E-state index contributed by atoms with van der Waals surface area (Å²) in [4.78, 5) is 0. The average molecular weight is 477 g/mol. The van der Waals surface area contributed by atoms with E-state index in [0.29, 0.717) is 13.2 Å². The molecule has 0 aromatic rings. The first-order valence-electron chi connectivity index (χ1n) is 7.32. The van der Waals surface area contributed by atoms with Crippen molar-refractivity contribution in [2.45, 2.75) is 53.9 Å². The second-order valence-corrected chi connectivity index (χ2v) is 3.14. The monoisotopic (exact) mass is 477 g/mol. The summed E-state index contributed by atoms with van der Waals surface area (Å²) in [6, 6.07) is 0. The molecule has 3 N–H and O–H groups in total. The van der Waals surface area contributed by atoms with Crippen LogP contribution in [0.2, 0.25) is 0 Å². The van der Waals surface area contributed by atoms with Gasteiger partial charge in [0.25, 0.3) is 0 Å². The summed E-state index contributed by atoms with van der Waals surface area (Å²) in [5.74, 6) is 0. The first-order chi connectivity index (χ1) is 9.59. The van der Waals surface area contributed by atoms with E-state index in [4.69, 9.17) is 24.8 Å². The summed E-state index contributed by atoms with van der Waals surface area (Å²) in [5, 5.41) is 22.7. The Hall–Kier alpha value is 0.540. The first-order valence-corrected chi connectivity index (χ1v) is 7.32. The molecule has 0 aliphatic carbocycles. The average Bonchev–Trinajstić information content (AvgIpc) is 2.39. The standard InChI is InChI=1S/C9H18O2.3C2H6O.Ta/c1-4-7-8-9(10-5-2)11-6-3;3*1-2-3;/h1,4-8H2,2-3H3;3*3H,2H2,1H3;/q-2;;;;+2. The minimum absolute atomic E-state index is 0. The zero-order valence-electron chi connectivity index (χ0n) is 14.5. The van der Waals surface area contributed by atoms with Crippen LogP contribution >= 0.6 is 0 Å². The Kier molecular flexibility index (Phi) is 67.7. The molecule has 131 valence electrons. The molecule has 0 bridgehead atoms. The molecule has 21 heavy (non-hydrogen) atoms. The predicted octanol–water partition coefficient (Wildman–Crippen LogP) is 2.55. The van der Waals surface area contributed by atoms with Gasteiger partial charge in [-0.15, -0.1) is 12.8 Å². The molecule has 0 atom stereocenters. The quantitative estimate of drug-likeness (QED) is 0.492. The Labute approximate surface area is 147 Å². The van der Waals surface area contributed by atoms with Gasteiger partial charge in [0.15, 0.2) is 0 Å². The maximum absolute atomic E-state index is 7.57. The molecular weight excluding hydrogens is 441 g/mol. The number of aliphatic hydroxyl groups excluding tert-OH is 3. The Morgan fingerprint density at radius 2 is 1.10 bits per heavy atom. The molecule has 0 spiro atoms. The summed E-state index contributed by atoms with van der Waals surface area (Å²) in [6.07, 6.45) is 3.61. The number of unbranched alkanes of at least 4 members (excludes halogenated alkanes) is 1. The molecule has 0 aliphatic heterocycles. The van der Waals surface area contributed by atoms with Crippen LogP contribution in [-0.4, -0.2) is 48.4 Å². The summed E-state index contributed by atoms with van der Waals surface area (Å²) in [6.45, 7) is 14.8. The second kappa shape index (κ2) is 42.8. The number of aliphatic hydroxyl groups is 3. The van der Waals surface area contributed by atoms with Gasteiger partial charge < -0.3 is 31.7 Å². The minimum atomic E-state index is 0. The van der Waals surface area contributed by atoms with Gasteiger partial charge in [-0.05, 0) is 34.6 Å². The van der Waals surface area contributed by atoms with Crippen molar-refractivity contribution in [1.82, 2.24) is 0 Å². The SMILES string of the molecule is CCO.CCO.CCO.[CH2-]CCC[C-](OCC)OCC.[Ta+2]. The molecule has 0 aromatic heterocycles. The van der Waals surface area contributed by atoms with Gasteiger partial charge in [0.1, 0.15) is 0 Å². The molecular formula is C15H36O5Ta. The molecule has 0 fully saturated rings. The fraction of sp³-hybridized carbons (Fsp3) is 0.867. The van der Waals surface area contributed by atoms with Crippen LogP contribution in [-0.2, 0) is 31.9 Å². The van der Waals surface area contributed by atoms with Crippen molar-refractivity contribution < 1.29 is 47.2 Å². The van der Waals surface area contributed by atoms with Gasteiger partial charge in [-0.1, -0.05) is 6.29 Å². The van der Waals surface area contributed by atoms with E-state index in [2.05, 4.69) is 6.92 Å². The van der Waals surface area contributed by atoms with Crippen LogP contribution in [0.25, 0.3) is 0 Å². The van der Waals surface area contributed by atoms with Crippen LogP contribution in [0.4, 0.5) is 0 Å². The van der Waals surface area contributed by atoms with Gasteiger partial charge in [-0.2, -0.15) is 6.42 Å². The molecule has 1 radical (unpaired) electrons. The van der Waals surface area contributed by atoms with E-state index in [1.54, 1.807) is 20.8 Å². The smallest absolute Gasteiger partial charge is 0.522 e. The van der Waals surface area contributed by atoms with Crippen molar-refractivity contribution in [3.8, 4) is 0 Å². The van der Waals surface area contributed by atoms with E-state index in [0.717, 1.165) is 25.6 Å². The number of hydrogen-bond donors (Lipinski definition) is 3. The van der Waals surface area contributed by atoms with Crippen molar-refractivity contribution in [1.29, 1.82) is 0 Å². The number of hydrogen-bond acceptors (Lipinski definition) is 5. The molecule has 0 aromatic carbocycles. The molecule has 0 saturated heterocycles. The van der Waals surface area contributed by atoms with Gasteiger partial charge in [-0.3, -0.25) is 0 Å². The van der Waals surface area contributed by atoms with E-state index in [9.17, 15) is 0 Å². The predicted molar refractivity (Wildman–Crippen MR) is 84.0 cm³/mol. The molecule has 5 nitrogen and oxygen atoms in total. The molecule has 0 unspecified atom stereocenters. The first kappa shape index (κ1) is 33.2. The second-order valence-electron chi connectivity index (χ2n) is 3.14. The van der Waals surface area contributed by atoms with Gasteiger partial charge >= 0.3 is 22.4 Å². The fourth-order valence-corrected chi connectivity index (χ4v) is 0.777. The van der Waals surface area contributed by atoms with E-state index >= 15 is 0 Å². The summed E-state index contributed by atoms with van der Waals surface area (Å²) in [7, 11) is 0. The van der Waals surface area contributed by atoms with Crippen molar-refractivity contribution in [2.75, 3.05) is 33.0 Å². The maximum atomic E-state index is 7.57. The van der Waals surface area contributed by atoms with E-state index in [1.807, 2.05) is 13.8 Å². The number of ether oxygens (including phenoxy) is 2. The molecule has 6 heteroatoms. The third-order valence-electron chi connectivity index (χ3n) is 1.24. The minimum Gasteiger partial charge on any atom is -0.522 e. The van der Waals surface area contributed by atoms with E-state index < -0.39 is 0 Å². The summed E-state index contributed by atoms with van der Waals surface area (Å²) >= 11 is 0. The van der Waals surface area contributed by atoms with Gasteiger partial charge in [0.2, 0.25) is 0 Å². The molecule has 0 aliphatic rings. The van der Waals surface area contributed by atoms with Crippen molar-refractivity contribution in [2.24, 2.45) is 0 Å². The van der Waals surface area contributed by atoms with Crippen LogP contribution < -0.4 is 0 Å². The van der Waals surface area contributed by atoms with Crippen molar-refractivity contribution in [3.05, 3.63) is 13.2 Å². The fourth-order valence-electron chi connectivity index (χ4n) is 0.777. The van der Waals surface area contributed by atoms with Gasteiger partial charge in [0, 0.05) is 33.0 Å². The molecule has 0 heterocycles. The Morgan fingerprint density at radius 3 is 1.29 bits per heavy atom. The largest absolute Gasteiger partial charge is 2.00 e. The molecule has 0 saturated carbocycles. The third kappa shape index (κ3) is 63.6. The van der Waals surface area contributed by atoms with E-state index in [1.165, 1.54) is 0 Å². The molecule has 0 amide bonds. The van der Waals surface area contributed by atoms with Gasteiger partial charge in [0.05, 0.1) is 0 Å². The summed E-state index contributed by atoms with van der Waals surface area (Å²) < 4.78 is 10.5. The van der Waals surface area contributed by atoms with Crippen LogP contribution in [0, 0.1) is 13.2 Å². The van der Waals surface area contributed by atoms with Crippen LogP contribution in [0.15, 0.2) is 0 Å². The molecule has 0 rings (SSSR count). The number of rotatable bonds is 7. The zero-order valence-corrected chi connectivity index (χ0v) is 17.7. The zero-order chi connectivity index (χ0) is 16.6. The Balaban J connectivity index is -0.0000000711. The third-order valence-corrected chi connectivity index (χ3v) is 1.24. The van der Waals surface area contributed by atoms with Gasteiger partial charge in [-0.25, -0.2) is 0 Å². The van der Waals surface area contributed by atoms with Crippen LogP contribution in [0.1, 0.15) is 53.9 Å². The normalized spacial score (nSPS) is 8.29. The maximum Gasteiger partial charge on any atom is 2.00 e. The Bertz CT molecular complexity index is 107. The van der Waals surface area contributed by atoms with Crippen molar-refractivity contribution in [3.63, 3.8) is 0 Å². The van der Waals surface area contributed by atoms with Crippen LogP contribution in [0.5, 0.6) is 0 Å².